The summed E-state index contributed by atoms with van der Waals surface area (Å²) in [6, 6.07) is -6.72. The number of aliphatic hydroxyl groups excluding tert-OH is 3. The first kappa shape index (κ1) is 86.5. The van der Waals surface area contributed by atoms with Gasteiger partial charge in [-0.05, 0) is 36.6 Å². The first-order valence-electron chi connectivity index (χ1n) is 34.5. The number of unbranched alkanes of at least 4 members (excludes halogenated alkanes) is 1. The van der Waals surface area contributed by atoms with Gasteiger partial charge in [0.2, 0.25) is 70.0 Å². The number of nitrogens with two attached hydrogens (primary N) is 2. The highest BCUT2D eigenvalue weighted by Gasteiger charge is 2.45. The van der Waals surface area contributed by atoms with Gasteiger partial charge in [0.25, 0.3) is 0 Å². The molecule has 0 spiro atoms. The molecule has 3 aliphatic rings. The van der Waals surface area contributed by atoms with Gasteiger partial charge in [-0.2, -0.15) is 11.8 Å². The summed E-state index contributed by atoms with van der Waals surface area (Å²) in [4.78, 5) is 164. The molecule has 1 aromatic heterocycles. The predicted molar refractivity (Wildman–Crippen MR) is 375 cm³/mol. The van der Waals surface area contributed by atoms with E-state index in [-0.39, 0.29) is 73.8 Å². The van der Waals surface area contributed by atoms with Crippen molar-refractivity contribution in [2.24, 2.45) is 29.2 Å². The number of nitrogens with one attached hydrogen (secondary N) is 11. The number of benzene rings is 1. The number of carboxylic acids is 1. The summed E-state index contributed by atoms with van der Waals surface area (Å²) in [6.45, 7) is 9.27. The quantitative estimate of drug-likeness (QED) is 0.0219. The number of carbonyl (C=O) groups excluding carboxylic acids is 11. The van der Waals surface area contributed by atoms with Crippen molar-refractivity contribution in [1.29, 1.82) is 0 Å². The lowest BCUT2D eigenvalue weighted by molar-refractivity contribution is -0.144. The van der Waals surface area contributed by atoms with E-state index in [9.17, 15) is 72.9 Å². The lowest BCUT2D eigenvalue weighted by Gasteiger charge is -2.32. The Morgan fingerprint density at radius 2 is 1.52 bits per heavy atom. The van der Waals surface area contributed by atoms with Crippen LogP contribution in [0.4, 0.5) is 0 Å². The van der Waals surface area contributed by atoms with Crippen molar-refractivity contribution in [2.45, 2.75) is 152 Å². The molecule has 0 bridgehead atoms. The minimum Gasteiger partial charge on any atom is -0.610 e. The molecular weight excluding hydrogens is 1410 g/mol. The van der Waals surface area contributed by atoms with Crippen LogP contribution in [0.2, 0.25) is 0 Å². The molecule has 1 saturated heterocycles. The van der Waals surface area contributed by atoms with E-state index in [4.69, 9.17) is 40.3 Å². The van der Waals surface area contributed by atoms with Crippen LogP contribution in [0.1, 0.15) is 97.1 Å². The number of aliphatic carboxylic acids is 1. The fourth-order valence-corrected chi connectivity index (χ4v) is 13.6. The number of carbonyl (C=O) groups is 12. The minimum absolute atomic E-state index is 0.0541. The second kappa shape index (κ2) is 44.6. The number of thioether (sulfide) groups is 1. The predicted octanol–water partition coefficient (Wildman–Crippen LogP) is -4.87. The van der Waals surface area contributed by atoms with Crippen molar-refractivity contribution in [3.63, 3.8) is 0 Å². The molecule has 19 N–H and O–H groups in total. The van der Waals surface area contributed by atoms with E-state index in [1.54, 1.807) is 51.0 Å². The third kappa shape index (κ3) is 27.7. The summed E-state index contributed by atoms with van der Waals surface area (Å²) >= 11 is -0.988. The van der Waals surface area contributed by atoms with Gasteiger partial charge < -0.3 is 118 Å². The Morgan fingerprint density at radius 1 is 0.837 bits per heavy atom. The normalized spacial score (nSPS) is 21.0. The number of H-pyrrole nitrogens is 1. The van der Waals surface area contributed by atoms with E-state index < -0.39 is 181 Å². The average Bonchev–Trinajstić information content (AvgIpc) is 1.61. The van der Waals surface area contributed by atoms with Crippen molar-refractivity contribution in [3.8, 4) is 5.75 Å². The molecule has 11 amide bonds. The van der Waals surface area contributed by atoms with Crippen molar-refractivity contribution in [1.82, 2.24) is 68.4 Å². The van der Waals surface area contributed by atoms with Crippen LogP contribution in [0.15, 0.2) is 29.1 Å². The molecule has 0 saturated carbocycles. The fraction of sp³-hybridized carbons (Fsp3) is 0.662. The highest BCUT2D eigenvalue weighted by atomic mass is 32.2. The van der Waals surface area contributed by atoms with Crippen LogP contribution in [-0.2, 0) is 99.8 Å². The number of hydrogen-bond acceptors (Lipinski definition) is 25. The summed E-state index contributed by atoms with van der Waals surface area (Å²) in [5.41, 5.74) is 19.1. The number of rotatable bonds is 42. The topological polar surface area (TPSA) is 550 Å². The molecule has 4 heterocycles. The van der Waals surface area contributed by atoms with Crippen LogP contribution >= 0.6 is 11.8 Å². The SMILES string of the molecule is CCC(=O)N[C@H](C(=O)NCC(=O)N[C@H]1C[S+]([O-])c2[nH]c3c(CSCCCCNC(=O)CCOCCOCCOCCOCCN4C=C(CNC(=O)C(C)CC(=O)O)NN4)c(OC)ccc3c2C[C@@H](C(N)=O)NC(=O)[C@H]([C@@H](C)[C@@H](O)CO)NC(=O)[C@@H]2C[C@@H](O)CN2C(=O)[C@H](CC(N)=O)NC1=O)[C@@H](C)CC. The first-order valence-corrected chi connectivity index (χ1v) is 36.9. The Morgan fingerprint density at radius 3 is 2.15 bits per heavy atom. The number of methoxy groups -OCH3 is 1. The lowest BCUT2D eigenvalue weighted by atomic mass is 9.93. The van der Waals surface area contributed by atoms with Gasteiger partial charge in [-0.1, -0.05) is 41.0 Å². The molecule has 104 heavy (non-hydrogen) atoms. The zero-order valence-corrected chi connectivity index (χ0v) is 61.1. The Balaban J connectivity index is 1.23. The molecule has 5 rings (SSSR count). The van der Waals surface area contributed by atoms with E-state index >= 15 is 4.55 Å². The third-order valence-corrected chi connectivity index (χ3v) is 19.8. The smallest absolute Gasteiger partial charge is 0.304 e. The van der Waals surface area contributed by atoms with Gasteiger partial charge in [0.05, 0.1) is 122 Å². The molecule has 39 heteroatoms. The number of amides is 11. The number of hydrogen-bond donors (Lipinski definition) is 17. The van der Waals surface area contributed by atoms with Gasteiger partial charge in [0.1, 0.15) is 41.7 Å². The fourth-order valence-electron chi connectivity index (χ4n) is 11.2. The van der Waals surface area contributed by atoms with Crippen molar-refractivity contribution >= 4 is 105 Å². The van der Waals surface area contributed by atoms with Crippen LogP contribution in [0, 0.1) is 17.8 Å². The number of aromatic nitrogens is 1. The molecule has 3 aliphatic heterocycles. The lowest BCUT2D eigenvalue weighted by Crippen LogP contribution is -2.61. The molecule has 0 aliphatic carbocycles. The Labute approximate surface area is 609 Å². The van der Waals surface area contributed by atoms with Gasteiger partial charge in [-0.25, -0.2) is 0 Å². The number of fused-ring (bicyclic) bond motifs is 4. The van der Waals surface area contributed by atoms with Crippen molar-refractivity contribution < 1.29 is 106 Å². The zero-order valence-electron chi connectivity index (χ0n) is 59.5. The third-order valence-electron chi connectivity index (χ3n) is 17.3. The molecule has 37 nitrogen and oxygen atoms in total. The molecule has 0 radical (unpaired) electrons. The van der Waals surface area contributed by atoms with E-state index in [1.165, 1.54) is 25.8 Å². The van der Waals surface area contributed by atoms with Gasteiger partial charge in [0.15, 0.2) is 6.04 Å². The Hall–Kier alpha value is -8.12. The van der Waals surface area contributed by atoms with Gasteiger partial charge in [-0.15, -0.1) is 5.53 Å². The molecule has 1 fully saturated rings. The second-order valence-corrected chi connectivity index (χ2v) is 27.8. The number of carboxylic acid groups (broad SMARTS) is 1. The Kier molecular flexibility index (Phi) is 37.1. The summed E-state index contributed by atoms with van der Waals surface area (Å²) in [5, 5.41) is 63.1. The summed E-state index contributed by atoms with van der Waals surface area (Å²) < 4.78 is 43.4. The van der Waals surface area contributed by atoms with E-state index in [1.807, 2.05) is 0 Å². The van der Waals surface area contributed by atoms with Gasteiger partial charge in [-0.3, -0.25) is 62.5 Å². The van der Waals surface area contributed by atoms with E-state index in [2.05, 4.69) is 58.5 Å². The number of ether oxygens (including phenoxy) is 5. The number of aliphatic hydroxyl groups is 3. The average molecular weight is 1510 g/mol. The van der Waals surface area contributed by atoms with Crippen molar-refractivity contribution in [2.75, 3.05) is 111 Å². The summed E-state index contributed by atoms with van der Waals surface area (Å²) in [5.74, 6) is -12.6. The largest absolute Gasteiger partial charge is 0.610 e. The Bertz CT molecular complexity index is 3280. The molecular formula is C65H103N15O22S2. The van der Waals surface area contributed by atoms with Crippen LogP contribution in [0.3, 0.4) is 0 Å². The standard InChI is InChI=1S/C65H103N15O22S2/c1-7-36(3)55(74-51(85)8-2)62(94)70-30-53(87)71-46-35-104(97)64-42(27-44(58(67)90)72-63(95)56(38(5)48(83)33-81)75-61(93)47-26-40(82)32-80(47)65(96)45(28-50(66)84)73-60(46)92)41-11-12-49(98-6)43(57(41)76-64)34-103-24-10-9-14-68-52(86)13-16-99-18-20-101-22-23-102-21-19-100-17-15-79-31-39(77-78-79)29-69-59(91)37(4)25-54(88)89/h11-12,31,36-38,40,44-48,55-56,76-78,81-83H,7-10,13-30,32-35H2,1-6H3,(H2,66,84)(H2,67,90)(H,68,86)(H,69,91)(H,70,94)(H,71,87)(H,72,95)(H,73,92)(H,74,85)(H,75,93)(H,88,89)/t36-,37?,38-,40+,44-,45-,46-,47-,48-,55-,56-,104?/m0/s1. The maximum absolute atomic E-state index is 15.3. The van der Waals surface area contributed by atoms with Gasteiger partial charge in [0, 0.05) is 90.3 Å². The monoisotopic (exact) mass is 1510 g/mol. The van der Waals surface area contributed by atoms with E-state index in [0.717, 1.165) is 4.90 Å². The molecule has 582 valence electrons. The van der Waals surface area contributed by atoms with Crippen molar-refractivity contribution in [3.05, 3.63) is 35.2 Å². The number of nitrogens with zero attached hydrogens (tertiary/aromatic N) is 2. The van der Waals surface area contributed by atoms with Crippen LogP contribution in [-0.4, -0.2) is 270 Å². The van der Waals surface area contributed by atoms with Crippen LogP contribution in [0.5, 0.6) is 5.75 Å². The number of hydrazine groups is 2. The molecule has 12 atom stereocenters. The summed E-state index contributed by atoms with van der Waals surface area (Å²) in [7, 11) is 1.43. The zero-order chi connectivity index (χ0) is 76.6. The maximum atomic E-state index is 15.3. The highest BCUT2D eigenvalue weighted by molar-refractivity contribution is 7.98. The van der Waals surface area contributed by atoms with Gasteiger partial charge >= 0.3 is 5.97 Å². The highest BCUT2D eigenvalue weighted by Crippen LogP contribution is 2.37. The van der Waals surface area contributed by atoms with Crippen LogP contribution in [0.25, 0.3) is 10.9 Å². The van der Waals surface area contributed by atoms with E-state index in [0.29, 0.717) is 99.1 Å². The second-order valence-electron chi connectivity index (χ2n) is 25.2. The number of primary amides is 2. The summed E-state index contributed by atoms with van der Waals surface area (Å²) in [6.07, 6.45) is -1.51. The maximum Gasteiger partial charge on any atom is 0.304 e. The molecule has 1 aromatic carbocycles. The first-order chi connectivity index (χ1) is 49.6. The molecule has 2 aromatic rings. The molecule has 2 unspecified atom stereocenters. The minimum atomic E-state index is -2.47. The van der Waals surface area contributed by atoms with Crippen LogP contribution < -0.4 is 69.7 Å². The number of aromatic amines is 1.